The molecule has 4 rings (SSSR count). The summed E-state index contributed by atoms with van der Waals surface area (Å²) in [7, 11) is 0. The molecule has 0 bridgehead atoms. The summed E-state index contributed by atoms with van der Waals surface area (Å²) in [6.07, 6.45) is 5.51. The van der Waals surface area contributed by atoms with Gasteiger partial charge in [0.25, 0.3) is 0 Å². The van der Waals surface area contributed by atoms with Crippen molar-refractivity contribution in [2.75, 3.05) is 0 Å². The zero-order valence-corrected chi connectivity index (χ0v) is 20.8. The van der Waals surface area contributed by atoms with Gasteiger partial charge in [-0.05, 0) is 82.7 Å². The third-order valence-electron chi connectivity index (χ3n) is 7.12. The number of hydrogen-bond acceptors (Lipinski definition) is 1. The third-order valence-corrected chi connectivity index (χ3v) is 7.12. The van der Waals surface area contributed by atoms with Crippen molar-refractivity contribution in [3.63, 3.8) is 0 Å². The molecule has 0 amide bonds. The number of benzene rings is 4. The van der Waals surface area contributed by atoms with Crippen LogP contribution in [0.1, 0.15) is 70.8 Å². The number of phenols is 1. The van der Waals surface area contributed by atoms with E-state index in [1.54, 1.807) is 0 Å². The van der Waals surface area contributed by atoms with E-state index in [9.17, 15) is 5.11 Å². The van der Waals surface area contributed by atoms with Crippen LogP contribution in [0.4, 0.5) is 0 Å². The van der Waals surface area contributed by atoms with Gasteiger partial charge in [0.15, 0.2) is 0 Å². The van der Waals surface area contributed by atoms with Crippen molar-refractivity contribution in [1.82, 2.24) is 0 Å². The van der Waals surface area contributed by atoms with Crippen LogP contribution in [-0.2, 0) is 38.5 Å². The van der Waals surface area contributed by atoms with E-state index in [1.807, 2.05) is 6.07 Å². The highest BCUT2D eigenvalue weighted by atomic mass is 16.3. The Morgan fingerprint density at radius 1 is 0.412 bits per heavy atom. The molecule has 0 saturated carbocycles. The minimum absolute atomic E-state index is 0.405. The monoisotopic (exact) mass is 448 g/mol. The zero-order valence-electron chi connectivity index (χ0n) is 20.8. The minimum Gasteiger partial charge on any atom is -0.508 e. The lowest BCUT2D eigenvalue weighted by Gasteiger charge is -2.20. The Bertz CT molecular complexity index is 1250. The Balaban J connectivity index is 1.85. The van der Waals surface area contributed by atoms with Crippen molar-refractivity contribution < 1.29 is 5.11 Å². The lowest BCUT2D eigenvalue weighted by molar-refractivity contribution is 0.468. The molecule has 1 nitrogen and oxygen atoms in total. The van der Waals surface area contributed by atoms with Gasteiger partial charge in [0.1, 0.15) is 5.75 Å². The summed E-state index contributed by atoms with van der Waals surface area (Å²) in [6, 6.07) is 30.2. The molecule has 0 radical (unpaired) electrons. The molecule has 4 aromatic rings. The van der Waals surface area contributed by atoms with Gasteiger partial charge in [-0.3, -0.25) is 0 Å². The number of hydrogen-bond donors (Lipinski definition) is 1. The molecular weight excluding hydrogens is 412 g/mol. The molecule has 0 saturated heterocycles. The van der Waals surface area contributed by atoms with Crippen LogP contribution >= 0.6 is 0 Å². The van der Waals surface area contributed by atoms with Crippen molar-refractivity contribution in [3.8, 4) is 5.75 Å². The fraction of sp³-hybridized carbons (Fsp3) is 0.273. The van der Waals surface area contributed by atoms with Gasteiger partial charge in [-0.2, -0.15) is 0 Å². The largest absolute Gasteiger partial charge is 0.508 e. The first-order valence-electron chi connectivity index (χ1n) is 12.7. The number of rotatable bonds is 9. The fourth-order valence-electron chi connectivity index (χ4n) is 5.12. The van der Waals surface area contributed by atoms with Gasteiger partial charge in [0, 0.05) is 12.0 Å². The van der Waals surface area contributed by atoms with Gasteiger partial charge < -0.3 is 5.11 Å². The summed E-state index contributed by atoms with van der Waals surface area (Å²) in [6.45, 7) is 6.65. The number of phenolic OH excluding ortho intramolecular Hbond substituents is 1. The standard InChI is InChI=1S/C33H36O/c1-4-24-13-7-10-16-27(24)21-30-19-20-33(34)32(23-29-18-12-9-15-26(29)6-3)31(30)22-28-17-11-8-14-25(28)5-2/h7-20,34H,4-6,21-23H2,1-3H3. The van der Waals surface area contributed by atoms with Crippen LogP contribution < -0.4 is 0 Å². The second kappa shape index (κ2) is 11.2. The minimum atomic E-state index is 0.405. The van der Waals surface area contributed by atoms with E-state index in [-0.39, 0.29) is 0 Å². The Kier molecular flexibility index (Phi) is 7.85. The summed E-state index contributed by atoms with van der Waals surface area (Å²) >= 11 is 0. The van der Waals surface area contributed by atoms with E-state index in [2.05, 4.69) is 99.6 Å². The van der Waals surface area contributed by atoms with Crippen molar-refractivity contribution in [2.24, 2.45) is 0 Å². The van der Waals surface area contributed by atoms with Gasteiger partial charge in [-0.15, -0.1) is 0 Å². The van der Waals surface area contributed by atoms with Gasteiger partial charge in [-0.25, -0.2) is 0 Å². The first kappa shape index (κ1) is 23.8. The lowest BCUT2D eigenvalue weighted by Crippen LogP contribution is -2.07. The molecule has 1 heteroatoms. The molecule has 0 fully saturated rings. The average Bonchev–Trinajstić information content (AvgIpc) is 2.88. The molecule has 0 spiro atoms. The quantitative estimate of drug-likeness (QED) is 0.276. The molecule has 1 N–H and O–H groups in total. The van der Waals surface area contributed by atoms with E-state index >= 15 is 0 Å². The summed E-state index contributed by atoms with van der Waals surface area (Å²) in [5.74, 6) is 0.405. The van der Waals surface area contributed by atoms with Crippen LogP contribution in [0.25, 0.3) is 0 Å². The summed E-state index contributed by atoms with van der Waals surface area (Å²) < 4.78 is 0. The third kappa shape index (κ3) is 5.25. The zero-order chi connectivity index (χ0) is 23.9. The molecule has 0 heterocycles. The number of aromatic hydroxyl groups is 1. The molecule has 0 unspecified atom stereocenters. The summed E-state index contributed by atoms with van der Waals surface area (Å²) in [4.78, 5) is 0. The van der Waals surface area contributed by atoms with Gasteiger partial charge in [-0.1, -0.05) is 99.6 Å². The van der Waals surface area contributed by atoms with Crippen LogP contribution in [-0.4, -0.2) is 5.11 Å². The van der Waals surface area contributed by atoms with Crippen LogP contribution in [0.3, 0.4) is 0 Å². The smallest absolute Gasteiger partial charge is 0.119 e. The van der Waals surface area contributed by atoms with Crippen LogP contribution in [0.15, 0.2) is 84.9 Å². The Hall–Kier alpha value is -3.32. The first-order chi connectivity index (χ1) is 16.6. The van der Waals surface area contributed by atoms with Crippen LogP contribution in [0.2, 0.25) is 0 Å². The molecule has 0 aliphatic rings. The van der Waals surface area contributed by atoms with E-state index in [0.29, 0.717) is 5.75 Å². The van der Waals surface area contributed by atoms with Crippen LogP contribution in [0, 0.1) is 0 Å². The molecule has 0 aromatic heterocycles. The van der Waals surface area contributed by atoms with E-state index in [1.165, 1.54) is 44.5 Å². The molecule has 174 valence electrons. The van der Waals surface area contributed by atoms with Crippen molar-refractivity contribution in [1.29, 1.82) is 0 Å². The Morgan fingerprint density at radius 3 is 1.24 bits per heavy atom. The van der Waals surface area contributed by atoms with Crippen molar-refractivity contribution >= 4 is 0 Å². The maximum atomic E-state index is 11.1. The highest BCUT2D eigenvalue weighted by Gasteiger charge is 2.17. The molecule has 0 aliphatic carbocycles. The fourth-order valence-corrected chi connectivity index (χ4v) is 5.12. The van der Waals surface area contributed by atoms with Crippen LogP contribution in [0.5, 0.6) is 5.75 Å². The average molecular weight is 449 g/mol. The SMILES string of the molecule is CCc1ccccc1Cc1ccc(O)c(Cc2ccccc2CC)c1Cc1ccccc1CC. The molecule has 34 heavy (non-hydrogen) atoms. The van der Waals surface area contributed by atoms with Gasteiger partial charge in [0.2, 0.25) is 0 Å². The highest BCUT2D eigenvalue weighted by molar-refractivity contribution is 5.52. The Labute approximate surface area is 205 Å². The molecule has 0 atom stereocenters. The second-order valence-electron chi connectivity index (χ2n) is 9.10. The predicted octanol–water partition coefficient (Wildman–Crippen LogP) is 7.85. The molecule has 0 aliphatic heterocycles. The van der Waals surface area contributed by atoms with Crippen molar-refractivity contribution in [2.45, 2.75) is 59.3 Å². The highest BCUT2D eigenvalue weighted by Crippen LogP contribution is 2.32. The maximum Gasteiger partial charge on any atom is 0.119 e. The topological polar surface area (TPSA) is 20.2 Å². The maximum absolute atomic E-state index is 11.1. The van der Waals surface area contributed by atoms with Gasteiger partial charge in [0.05, 0.1) is 0 Å². The normalized spacial score (nSPS) is 11.0. The summed E-state index contributed by atoms with van der Waals surface area (Å²) in [5, 5.41) is 11.1. The van der Waals surface area contributed by atoms with E-state index in [0.717, 1.165) is 44.1 Å². The first-order valence-corrected chi connectivity index (χ1v) is 12.7. The predicted molar refractivity (Wildman–Crippen MR) is 144 cm³/mol. The molecule has 4 aromatic carbocycles. The van der Waals surface area contributed by atoms with Crippen molar-refractivity contribution in [3.05, 3.63) is 135 Å². The second-order valence-corrected chi connectivity index (χ2v) is 9.10. The van der Waals surface area contributed by atoms with Gasteiger partial charge >= 0.3 is 0 Å². The number of aryl methyl sites for hydroxylation is 3. The van der Waals surface area contributed by atoms with E-state index in [4.69, 9.17) is 0 Å². The van der Waals surface area contributed by atoms with E-state index < -0.39 is 0 Å². The lowest BCUT2D eigenvalue weighted by atomic mass is 9.85. The Morgan fingerprint density at radius 2 is 0.794 bits per heavy atom. The summed E-state index contributed by atoms with van der Waals surface area (Å²) in [5.41, 5.74) is 11.8. The molecular formula is C33H36O.